The maximum Gasteiger partial charge on any atom is 0.260 e. The second kappa shape index (κ2) is 7.95. The van der Waals surface area contributed by atoms with Gasteiger partial charge < -0.3 is 15.2 Å². The lowest BCUT2D eigenvalue weighted by atomic mass is 10.0. The van der Waals surface area contributed by atoms with Gasteiger partial charge in [-0.3, -0.25) is 14.4 Å². The van der Waals surface area contributed by atoms with Crippen LogP contribution in [-0.2, 0) is 11.2 Å². The molecule has 1 aromatic heterocycles. The molecule has 136 valence electrons. The third kappa shape index (κ3) is 4.17. The van der Waals surface area contributed by atoms with Crippen molar-refractivity contribution in [2.24, 2.45) is 0 Å². The Labute approximate surface area is 150 Å². The summed E-state index contributed by atoms with van der Waals surface area (Å²) < 4.78 is 13.5. The fourth-order valence-electron chi connectivity index (χ4n) is 3.19. The van der Waals surface area contributed by atoms with Crippen LogP contribution in [0.2, 0.25) is 0 Å². The van der Waals surface area contributed by atoms with E-state index < -0.39 is 11.5 Å². The molecule has 0 saturated carbocycles. The Balaban J connectivity index is 1.73. The van der Waals surface area contributed by atoms with Gasteiger partial charge in [0, 0.05) is 25.7 Å². The van der Waals surface area contributed by atoms with Gasteiger partial charge in [0.05, 0.1) is 6.04 Å². The van der Waals surface area contributed by atoms with Gasteiger partial charge in [-0.1, -0.05) is 12.1 Å². The summed E-state index contributed by atoms with van der Waals surface area (Å²) in [6, 6.07) is 8.93. The van der Waals surface area contributed by atoms with Gasteiger partial charge in [-0.15, -0.1) is 0 Å². The molecule has 0 bridgehead atoms. The quantitative estimate of drug-likeness (QED) is 0.822. The predicted octanol–water partition coefficient (Wildman–Crippen LogP) is 1.48. The van der Waals surface area contributed by atoms with Crippen LogP contribution in [0.5, 0.6) is 0 Å². The molecule has 3 rings (SSSR count). The van der Waals surface area contributed by atoms with Gasteiger partial charge in [0.25, 0.3) is 11.5 Å². The number of nitrogens with zero attached hydrogens (tertiary/aromatic N) is 1. The molecular formula is C19H20FN3O3. The van der Waals surface area contributed by atoms with Crippen molar-refractivity contribution in [3.63, 3.8) is 0 Å². The highest BCUT2D eigenvalue weighted by atomic mass is 19.1. The third-order valence-electron chi connectivity index (χ3n) is 4.47. The summed E-state index contributed by atoms with van der Waals surface area (Å²) in [5, 5.41) is 2.73. The number of benzene rings is 1. The Kier molecular flexibility index (Phi) is 5.46. The Morgan fingerprint density at radius 3 is 2.81 bits per heavy atom. The van der Waals surface area contributed by atoms with E-state index in [2.05, 4.69) is 10.3 Å². The fourth-order valence-corrected chi connectivity index (χ4v) is 3.19. The number of halogens is 1. The van der Waals surface area contributed by atoms with Gasteiger partial charge in [0.15, 0.2) is 0 Å². The van der Waals surface area contributed by atoms with Crippen LogP contribution in [0.4, 0.5) is 4.39 Å². The van der Waals surface area contributed by atoms with E-state index in [4.69, 9.17) is 0 Å². The van der Waals surface area contributed by atoms with Crippen molar-refractivity contribution in [2.45, 2.75) is 25.3 Å². The maximum atomic E-state index is 13.5. The number of carbonyl (C=O) groups excluding carboxylic acids is 2. The Morgan fingerprint density at radius 2 is 2.12 bits per heavy atom. The molecule has 0 aliphatic carbocycles. The van der Waals surface area contributed by atoms with Crippen molar-refractivity contribution in [1.82, 2.24) is 15.2 Å². The topological polar surface area (TPSA) is 82.3 Å². The number of rotatable bonds is 6. The summed E-state index contributed by atoms with van der Waals surface area (Å²) in [5.41, 5.74) is 0.301. The highest BCUT2D eigenvalue weighted by Crippen LogP contribution is 2.17. The monoisotopic (exact) mass is 357 g/mol. The van der Waals surface area contributed by atoms with Crippen molar-refractivity contribution in [3.8, 4) is 0 Å². The van der Waals surface area contributed by atoms with Gasteiger partial charge in [0.1, 0.15) is 11.4 Å². The molecule has 2 N–H and O–H groups in total. The van der Waals surface area contributed by atoms with E-state index in [0.717, 1.165) is 12.0 Å². The Morgan fingerprint density at radius 1 is 1.27 bits per heavy atom. The van der Waals surface area contributed by atoms with Gasteiger partial charge in [-0.05, 0) is 42.7 Å². The average Bonchev–Trinajstić information content (AvgIpc) is 3.04. The van der Waals surface area contributed by atoms with E-state index in [1.165, 1.54) is 24.4 Å². The molecule has 2 amide bonds. The number of hydrogen-bond donors (Lipinski definition) is 2. The molecule has 0 spiro atoms. The number of amides is 2. The summed E-state index contributed by atoms with van der Waals surface area (Å²) in [4.78, 5) is 40.3. The molecule has 1 aliphatic rings. The summed E-state index contributed by atoms with van der Waals surface area (Å²) in [7, 11) is 0. The molecule has 1 aromatic carbocycles. The average molecular weight is 357 g/mol. The first kappa shape index (κ1) is 17.8. The molecule has 6 nitrogen and oxygen atoms in total. The summed E-state index contributed by atoms with van der Waals surface area (Å²) in [6.45, 7) is 0.802. The molecule has 1 saturated heterocycles. The number of aromatic amines is 1. The van der Waals surface area contributed by atoms with Gasteiger partial charge in [0.2, 0.25) is 5.91 Å². The maximum absolute atomic E-state index is 13.5. The van der Waals surface area contributed by atoms with Crippen molar-refractivity contribution in [2.75, 3.05) is 13.1 Å². The van der Waals surface area contributed by atoms with Gasteiger partial charge in [-0.25, -0.2) is 4.39 Å². The van der Waals surface area contributed by atoms with Crippen molar-refractivity contribution in [1.29, 1.82) is 0 Å². The summed E-state index contributed by atoms with van der Waals surface area (Å²) >= 11 is 0. The molecule has 0 radical (unpaired) electrons. The van der Waals surface area contributed by atoms with E-state index in [1.54, 1.807) is 23.1 Å². The van der Waals surface area contributed by atoms with Crippen LogP contribution in [0.1, 0.15) is 28.8 Å². The number of pyridine rings is 1. The number of carbonyl (C=O) groups is 2. The van der Waals surface area contributed by atoms with E-state index in [1.807, 2.05) is 0 Å². The first-order chi connectivity index (χ1) is 12.5. The Hall–Kier alpha value is -2.96. The third-order valence-corrected chi connectivity index (χ3v) is 4.47. The lowest BCUT2D eigenvalue weighted by Gasteiger charge is -2.28. The number of H-pyrrole nitrogens is 1. The first-order valence-corrected chi connectivity index (χ1v) is 8.54. The zero-order chi connectivity index (χ0) is 18.5. The lowest BCUT2D eigenvalue weighted by Crippen LogP contribution is -2.46. The Bertz CT molecular complexity index is 865. The lowest BCUT2D eigenvalue weighted by molar-refractivity contribution is -0.129. The van der Waals surface area contributed by atoms with Crippen LogP contribution in [-0.4, -0.2) is 40.8 Å². The van der Waals surface area contributed by atoms with E-state index in [0.29, 0.717) is 19.4 Å². The van der Waals surface area contributed by atoms with Crippen molar-refractivity contribution >= 4 is 11.8 Å². The predicted molar refractivity (Wildman–Crippen MR) is 94.2 cm³/mol. The molecule has 2 aromatic rings. The standard InChI is InChI=1S/C19H20FN3O3/c20-14-5-1-4-13(10-14)11-15(23-9-3-7-17(23)24)12-22-19(26)16-6-2-8-21-18(16)25/h1-2,4-6,8,10,15H,3,7,9,11-12H2,(H,21,25)(H,22,26)/t15-/m1/s1. The van der Waals surface area contributed by atoms with Gasteiger partial charge in [-0.2, -0.15) is 0 Å². The normalized spacial score (nSPS) is 15.1. The zero-order valence-electron chi connectivity index (χ0n) is 14.2. The van der Waals surface area contributed by atoms with Crippen molar-refractivity contribution in [3.05, 3.63) is 69.9 Å². The summed E-state index contributed by atoms with van der Waals surface area (Å²) in [5.74, 6) is -0.810. The van der Waals surface area contributed by atoms with E-state index >= 15 is 0 Å². The van der Waals surface area contributed by atoms with Crippen LogP contribution in [0.25, 0.3) is 0 Å². The molecule has 2 heterocycles. The van der Waals surface area contributed by atoms with E-state index in [9.17, 15) is 18.8 Å². The number of nitrogens with one attached hydrogen (secondary N) is 2. The number of hydrogen-bond acceptors (Lipinski definition) is 3. The second-order valence-corrected chi connectivity index (χ2v) is 6.30. The van der Waals surface area contributed by atoms with Crippen LogP contribution >= 0.6 is 0 Å². The van der Waals surface area contributed by atoms with Crippen LogP contribution in [0.3, 0.4) is 0 Å². The SMILES string of the molecule is O=C(NC[C@@H](Cc1cccc(F)c1)N1CCCC1=O)c1ccc[nH]c1=O. The molecule has 0 unspecified atom stereocenters. The van der Waals surface area contributed by atoms with Gasteiger partial charge >= 0.3 is 0 Å². The molecule has 1 atom stereocenters. The van der Waals surface area contributed by atoms with Crippen LogP contribution in [0, 0.1) is 5.82 Å². The highest BCUT2D eigenvalue weighted by Gasteiger charge is 2.28. The minimum Gasteiger partial charge on any atom is -0.350 e. The smallest absolute Gasteiger partial charge is 0.260 e. The number of aromatic nitrogens is 1. The number of likely N-dealkylation sites (tertiary alicyclic amines) is 1. The molecule has 1 aliphatic heterocycles. The molecule has 26 heavy (non-hydrogen) atoms. The molecule has 1 fully saturated rings. The first-order valence-electron chi connectivity index (χ1n) is 8.54. The molecule has 7 heteroatoms. The van der Waals surface area contributed by atoms with Crippen LogP contribution in [0.15, 0.2) is 47.4 Å². The fraction of sp³-hybridized carbons (Fsp3) is 0.316. The second-order valence-electron chi connectivity index (χ2n) is 6.30. The summed E-state index contributed by atoms with van der Waals surface area (Å²) in [6.07, 6.45) is 3.13. The minimum absolute atomic E-state index is 0.0183. The zero-order valence-corrected chi connectivity index (χ0v) is 14.2. The highest BCUT2D eigenvalue weighted by molar-refractivity contribution is 5.93. The molecular weight excluding hydrogens is 337 g/mol. The largest absolute Gasteiger partial charge is 0.350 e. The van der Waals surface area contributed by atoms with Crippen molar-refractivity contribution < 1.29 is 14.0 Å². The minimum atomic E-state index is -0.497. The van der Waals surface area contributed by atoms with E-state index in [-0.39, 0.29) is 29.9 Å². The van der Waals surface area contributed by atoms with Crippen LogP contribution < -0.4 is 10.9 Å².